The summed E-state index contributed by atoms with van der Waals surface area (Å²) in [6.45, 7) is 2.10. The van der Waals surface area contributed by atoms with Gasteiger partial charge in [0.25, 0.3) is 5.91 Å². The number of aromatic nitrogens is 2. The van der Waals surface area contributed by atoms with Crippen LogP contribution >= 0.6 is 0 Å². The van der Waals surface area contributed by atoms with Gasteiger partial charge in [-0.2, -0.15) is 0 Å². The maximum absolute atomic E-state index is 12.8. The Bertz CT molecular complexity index is 811. The van der Waals surface area contributed by atoms with E-state index in [1.54, 1.807) is 0 Å². The fraction of sp³-hybridized carbons (Fsp3) is 0.118. The van der Waals surface area contributed by atoms with Crippen molar-refractivity contribution in [2.75, 3.05) is 0 Å². The van der Waals surface area contributed by atoms with E-state index in [4.69, 9.17) is 4.42 Å². The second-order valence-electron chi connectivity index (χ2n) is 5.06. The van der Waals surface area contributed by atoms with Crippen LogP contribution in [0.5, 0.6) is 0 Å². The molecule has 0 aliphatic heterocycles. The van der Waals surface area contributed by atoms with E-state index in [1.165, 1.54) is 24.3 Å². The quantitative estimate of drug-likeness (QED) is 0.804. The third kappa shape index (κ3) is 3.60. The van der Waals surface area contributed by atoms with Gasteiger partial charge in [-0.05, 0) is 43.3 Å². The average molecular weight is 311 g/mol. The standard InChI is InChI=1S/C17H14FN3O2/c1-11-2-4-13(5-3-11)17-21-20-15(23-17)10-19-16(22)12-6-8-14(18)9-7-12/h2-9H,10H2,1H3,(H,19,22). The Morgan fingerprint density at radius 2 is 1.78 bits per heavy atom. The molecule has 0 fully saturated rings. The number of benzene rings is 2. The Kier molecular flexibility index (Phi) is 4.14. The molecule has 3 aromatic rings. The van der Waals surface area contributed by atoms with E-state index >= 15 is 0 Å². The van der Waals surface area contributed by atoms with Crippen molar-refractivity contribution in [2.24, 2.45) is 0 Å². The van der Waals surface area contributed by atoms with Crippen LogP contribution in [-0.2, 0) is 6.54 Å². The molecule has 1 aromatic heterocycles. The highest BCUT2D eigenvalue weighted by Crippen LogP contribution is 2.18. The molecule has 0 saturated carbocycles. The second kappa shape index (κ2) is 6.39. The van der Waals surface area contributed by atoms with Crippen LogP contribution in [0, 0.1) is 12.7 Å². The van der Waals surface area contributed by atoms with E-state index < -0.39 is 0 Å². The summed E-state index contributed by atoms with van der Waals surface area (Å²) in [6.07, 6.45) is 0. The maximum atomic E-state index is 12.8. The highest BCUT2D eigenvalue weighted by molar-refractivity contribution is 5.94. The molecule has 1 heterocycles. The van der Waals surface area contributed by atoms with E-state index in [-0.39, 0.29) is 18.3 Å². The number of rotatable bonds is 4. The molecule has 116 valence electrons. The number of aryl methyl sites for hydroxylation is 1. The van der Waals surface area contributed by atoms with Crippen LogP contribution in [0.4, 0.5) is 4.39 Å². The summed E-state index contributed by atoms with van der Waals surface area (Å²) in [6, 6.07) is 13.0. The number of nitrogens with zero attached hydrogens (tertiary/aromatic N) is 2. The van der Waals surface area contributed by atoms with Crippen LogP contribution in [0.2, 0.25) is 0 Å². The Morgan fingerprint density at radius 3 is 2.48 bits per heavy atom. The number of nitrogens with one attached hydrogen (secondary N) is 1. The third-order valence-electron chi connectivity index (χ3n) is 3.27. The van der Waals surface area contributed by atoms with Crippen molar-refractivity contribution < 1.29 is 13.6 Å². The normalized spacial score (nSPS) is 10.5. The van der Waals surface area contributed by atoms with Gasteiger partial charge in [0.15, 0.2) is 0 Å². The van der Waals surface area contributed by atoms with Crippen LogP contribution in [-0.4, -0.2) is 16.1 Å². The molecule has 0 aliphatic carbocycles. The Morgan fingerprint density at radius 1 is 1.09 bits per heavy atom. The zero-order chi connectivity index (χ0) is 16.2. The van der Waals surface area contributed by atoms with Crippen molar-refractivity contribution in [3.63, 3.8) is 0 Å². The monoisotopic (exact) mass is 311 g/mol. The summed E-state index contributed by atoms with van der Waals surface area (Å²) in [4.78, 5) is 11.9. The summed E-state index contributed by atoms with van der Waals surface area (Å²) in [5, 5.41) is 10.5. The zero-order valence-corrected chi connectivity index (χ0v) is 12.4. The van der Waals surface area contributed by atoms with Crippen LogP contribution in [0.1, 0.15) is 21.8 Å². The van der Waals surface area contributed by atoms with E-state index in [0.717, 1.165) is 11.1 Å². The summed E-state index contributed by atoms with van der Waals surface area (Å²) < 4.78 is 18.3. The molecular weight excluding hydrogens is 297 g/mol. The van der Waals surface area contributed by atoms with E-state index in [1.807, 2.05) is 31.2 Å². The van der Waals surface area contributed by atoms with Gasteiger partial charge in [0, 0.05) is 11.1 Å². The largest absolute Gasteiger partial charge is 0.419 e. The van der Waals surface area contributed by atoms with Gasteiger partial charge in [-0.3, -0.25) is 4.79 Å². The first kappa shape index (κ1) is 14.9. The Balaban J connectivity index is 1.64. The van der Waals surface area contributed by atoms with Gasteiger partial charge in [-0.15, -0.1) is 10.2 Å². The van der Waals surface area contributed by atoms with Gasteiger partial charge >= 0.3 is 0 Å². The molecule has 1 amide bonds. The van der Waals surface area contributed by atoms with Gasteiger partial charge in [0.1, 0.15) is 5.82 Å². The first-order valence-corrected chi connectivity index (χ1v) is 7.05. The molecule has 2 aromatic carbocycles. The lowest BCUT2D eigenvalue weighted by Crippen LogP contribution is -2.22. The smallest absolute Gasteiger partial charge is 0.251 e. The van der Waals surface area contributed by atoms with Gasteiger partial charge in [0.2, 0.25) is 11.8 Å². The molecule has 0 aliphatic rings. The fourth-order valence-corrected chi connectivity index (χ4v) is 2.00. The minimum atomic E-state index is -0.388. The van der Waals surface area contributed by atoms with E-state index in [2.05, 4.69) is 15.5 Å². The predicted molar refractivity (Wildman–Crippen MR) is 82.0 cm³/mol. The lowest BCUT2D eigenvalue weighted by molar-refractivity contribution is 0.0947. The number of carbonyl (C=O) groups excluding carboxylic acids is 1. The molecule has 0 bridgehead atoms. The summed E-state index contributed by atoms with van der Waals surface area (Å²) in [5.74, 6) is -0.0201. The van der Waals surface area contributed by atoms with Crippen molar-refractivity contribution in [2.45, 2.75) is 13.5 Å². The second-order valence-corrected chi connectivity index (χ2v) is 5.06. The number of amides is 1. The highest BCUT2D eigenvalue weighted by atomic mass is 19.1. The van der Waals surface area contributed by atoms with Crippen molar-refractivity contribution in [1.29, 1.82) is 0 Å². The number of hydrogen-bond acceptors (Lipinski definition) is 4. The molecule has 0 spiro atoms. The van der Waals surface area contributed by atoms with Crippen LogP contribution < -0.4 is 5.32 Å². The molecule has 5 nitrogen and oxygen atoms in total. The van der Waals surface area contributed by atoms with Crippen LogP contribution in [0.3, 0.4) is 0 Å². The SMILES string of the molecule is Cc1ccc(-c2nnc(CNC(=O)c3ccc(F)cc3)o2)cc1. The van der Waals surface area contributed by atoms with Crippen molar-refractivity contribution in [3.05, 3.63) is 71.4 Å². The summed E-state index contributed by atoms with van der Waals surface area (Å²) in [7, 11) is 0. The van der Waals surface area contributed by atoms with Gasteiger partial charge < -0.3 is 9.73 Å². The zero-order valence-electron chi connectivity index (χ0n) is 12.4. The highest BCUT2D eigenvalue weighted by Gasteiger charge is 2.10. The fourth-order valence-electron chi connectivity index (χ4n) is 2.00. The number of hydrogen-bond donors (Lipinski definition) is 1. The summed E-state index contributed by atoms with van der Waals surface area (Å²) in [5.41, 5.74) is 2.32. The average Bonchev–Trinajstić information content (AvgIpc) is 3.03. The third-order valence-corrected chi connectivity index (χ3v) is 3.27. The molecule has 0 radical (unpaired) electrons. The maximum Gasteiger partial charge on any atom is 0.251 e. The predicted octanol–water partition coefficient (Wildman–Crippen LogP) is 3.11. The lowest BCUT2D eigenvalue weighted by atomic mass is 10.1. The Labute approximate surface area is 132 Å². The van der Waals surface area contributed by atoms with Gasteiger partial charge in [-0.25, -0.2) is 4.39 Å². The summed E-state index contributed by atoms with van der Waals surface area (Å²) >= 11 is 0. The first-order chi connectivity index (χ1) is 11.1. The first-order valence-electron chi connectivity index (χ1n) is 7.05. The number of carbonyl (C=O) groups is 1. The van der Waals surface area contributed by atoms with Gasteiger partial charge in [0.05, 0.1) is 6.54 Å². The molecule has 6 heteroatoms. The van der Waals surface area contributed by atoms with E-state index in [0.29, 0.717) is 17.3 Å². The Hall–Kier alpha value is -3.02. The molecule has 0 unspecified atom stereocenters. The molecular formula is C17H14FN3O2. The molecule has 23 heavy (non-hydrogen) atoms. The van der Waals surface area contributed by atoms with Crippen molar-refractivity contribution in [3.8, 4) is 11.5 Å². The van der Waals surface area contributed by atoms with Gasteiger partial charge in [-0.1, -0.05) is 17.7 Å². The number of halogens is 1. The molecule has 1 N–H and O–H groups in total. The molecule has 3 rings (SSSR count). The van der Waals surface area contributed by atoms with Crippen LogP contribution in [0.15, 0.2) is 52.9 Å². The lowest BCUT2D eigenvalue weighted by Gasteiger charge is -2.02. The van der Waals surface area contributed by atoms with Crippen molar-refractivity contribution >= 4 is 5.91 Å². The molecule has 0 atom stereocenters. The van der Waals surface area contributed by atoms with Crippen molar-refractivity contribution in [1.82, 2.24) is 15.5 Å². The minimum Gasteiger partial charge on any atom is -0.419 e. The minimum absolute atomic E-state index is 0.106. The molecule has 0 saturated heterocycles. The van der Waals surface area contributed by atoms with Crippen LogP contribution in [0.25, 0.3) is 11.5 Å². The topological polar surface area (TPSA) is 68.0 Å². The van der Waals surface area contributed by atoms with E-state index in [9.17, 15) is 9.18 Å².